The Hall–Kier alpha value is -2.29. The second kappa shape index (κ2) is 6.65. The van der Waals surface area contributed by atoms with Crippen LogP contribution in [0.1, 0.15) is 24.0 Å². The van der Waals surface area contributed by atoms with E-state index in [0.29, 0.717) is 5.92 Å². The normalized spacial score (nSPS) is 15.5. The average molecular weight is 293 g/mol. The van der Waals surface area contributed by atoms with Crippen LogP contribution in [0.25, 0.3) is 0 Å². The maximum Gasteiger partial charge on any atom is 0.198 e. The third-order valence-electron chi connectivity index (χ3n) is 4.29. The number of hydrogen-bond donors (Lipinski definition) is 1. The van der Waals surface area contributed by atoms with Gasteiger partial charge in [0.05, 0.1) is 0 Å². The molecule has 0 aliphatic carbocycles. The highest BCUT2D eigenvalue weighted by molar-refractivity contribution is 5.97. The van der Waals surface area contributed by atoms with Crippen LogP contribution in [0.4, 0.5) is 5.69 Å². The largest absolute Gasteiger partial charge is 0.355 e. The van der Waals surface area contributed by atoms with Crippen LogP contribution in [0.5, 0.6) is 0 Å². The molecule has 2 aromatic carbocycles. The van der Waals surface area contributed by atoms with Gasteiger partial charge >= 0.3 is 0 Å². The number of nitrogens with one attached hydrogen (secondary N) is 1. The molecule has 0 aromatic heterocycles. The Bertz CT molecular complexity index is 649. The maximum absolute atomic E-state index is 4.47. The summed E-state index contributed by atoms with van der Waals surface area (Å²) in [6.07, 6.45) is 1.09. The molecule has 0 saturated carbocycles. The molecule has 22 heavy (non-hydrogen) atoms. The lowest BCUT2D eigenvalue weighted by Gasteiger charge is -2.24. The fourth-order valence-electron chi connectivity index (χ4n) is 3.00. The van der Waals surface area contributed by atoms with Gasteiger partial charge in [0.25, 0.3) is 0 Å². The summed E-state index contributed by atoms with van der Waals surface area (Å²) in [4.78, 5) is 6.75. The first-order chi connectivity index (χ1) is 10.8. The summed E-state index contributed by atoms with van der Waals surface area (Å²) >= 11 is 0. The van der Waals surface area contributed by atoms with E-state index < -0.39 is 0 Å². The van der Waals surface area contributed by atoms with Gasteiger partial charge in [-0.3, -0.25) is 4.99 Å². The van der Waals surface area contributed by atoms with E-state index in [1.807, 2.05) is 7.05 Å². The second-order valence-corrected chi connectivity index (χ2v) is 5.77. The Morgan fingerprint density at radius 1 is 1.14 bits per heavy atom. The van der Waals surface area contributed by atoms with Crippen molar-refractivity contribution in [2.24, 2.45) is 4.99 Å². The van der Waals surface area contributed by atoms with Crippen LogP contribution in [-0.4, -0.2) is 26.1 Å². The fraction of sp³-hybridized carbons (Fsp3) is 0.316. The average Bonchev–Trinajstić information content (AvgIpc) is 3.00. The Morgan fingerprint density at radius 2 is 1.86 bits per heavy atom. The van der Waals surface area contributed by atoms with Crippen LogP contribution in [0.3, 0.4) is 0 Å². The van der Waals surface area contributed by atoms with Gasteiger partial charge in [0.2, 0.25) is 0 Å². The fourth-order valence-corrected chi connectivity index (χ4v) is 3.00. The van der Waals surface area contributed by atoms with Crippen LogP contribution < -0.4 is 10.2 Å². The standard InChI is InChI=1S/C19H23N3/c1-15(16-8-4-3-5-9-16)14-21-19(20-2)22-13-12-17-10-6-7-11-18(17)22/h3-11,15H,12-14H2,1-2H3,(H,20,21). The van der Waals surface area contributed by atoms with Gasteiger partial charge in [-0.25, -0.2) is 0 Å². The number of anilines is 1. The summed E-state index contributed by atoms with van der Waals surface area (Å²) < 4.78 is 0. The van der Waals surface area contributed by atoms with E-state index in [0.717, 1.165) is 25.5 Å². The number of hydrogen-bond acceptors (Lipinski definition) is 1. The van der Waals surface area contributed by atoms with Crippen LogP contribution in [0.2, 0.25) is 0 Å². The zero-order chi connectivity index (χ0) is 15.4. The van der Waals surface area contributed by atoms with Gasteiger partial charge in [-0.2, -0.15) is 0 Å². The van der Waals surface area contributed by atoms with Gasteiger partial charge in [-0.05, 0) is 29.5 Å². The van der Waals surface area contributed by atoms with E-state index >= 15 is 0 Å². The first kappa shape index (κ1) is 14.6. The van der Waals surface area contributed by atoms with Crippen LogP contribution >= 0.6 is 0 Å². The number of nitrogens with zero attached hydrogens (tertiary/aromatic N) is 2. The number of benzene rings is 2. The molecule has 0 amide bonds. The van der Waals surface area contributed by atoms with Crippen molar-refractivity contribution in [1.29, 1.82) is 0 Å². The molecule has 1 aliphatic rings. The van der Waals surface area contributed by atoms with E-state index in [4.69, 9.17) is 0 Å². The number of rotatable bonds is 3. The molecule has 1 aliphatic heterocycles. The van der Waals surface area contributed by atoms with Crippen molar-refractivity contribution in [3.05, 3.63) is 65.7 Å². The molecule has 114 valence electrons. The molecule has 0 fully saturated rings. The van der Waals surface area contributed by atoms with Crippen LogP contribution in [0, 0.1) is 0 Å². The van der Waals surface area contributed by atoms with Gasteiger partial charge in [0.1, 0.15) is 0 Å². The van der Waals surface area contributed by atoms with Crippen molar-refractivity contribution < 1.29 is 0 Å². The summed E-state index contributed by atoms with van der Waals surface area (Å²) in [6, 6.07) is 19.2. The molecule has 1 atom stereocenters. The van der Waals surface area contributed by atoms with Crippen molar-refractivity contribution in [1.82, 2.24) is 5.32 Å². The summed E-state index contributed by atoms with van der Waals surface area (Å²) in [7, 11) is 1.86. The number of fused-ring (bicyclic) bond motifs is 1. The Labute approximate surface area is 132 Å². The highest BCUT2D eigenvalue weighted by Crippen LogP contribution is 2.27. The summed E-state index contributed by atoms with van der Waals surface area (Å²) in [6.45, 7) is 4.13. The van der Waals surface area contributed by atoms with E-state index in [2.05, 4.69) is 76.7 Å². The molecule has 1 unspecified atom stereocenters. The van der Waals surface area contributed by atoms with Crippen LogP contribution in [-0.2, 0) is 6.42 Å². The third-order valence-corrected chi connectivity index (χ3v) is 4.29. The predicted molar refractivity (Wildman–Crippen MR) is 93.7 cm³/mol. The van der Waals surface area contributed by atoms with Crippen molar-refractivity contribution in [2.75, 3.05) is 25.0 Å². The Kier molecular flexibility index (Phi) is 4.42. The highest BCUT2D eigenvalue weighted by atomic mass is 15.3. The molecule has 1 N–H and O–H groups in total. The van der Waals surface area contributed by atoms with Gasteiger partial charge in [0.15, 0.2) is 5.96 Å². The minimum Gasteiger partial charge on any atom is -0.355 e. The smallest absolute Gasteiger partial charge is 0.198 e. The van der Waals surface area contributed by atoms with E-state index in [-0.39, 0.29) is 0 Å². The molecule has 3 heteroatoms. The molecule has 3 rings (SSSR count). The zero-order valence-electron chi connectivity index (χ0n) is 13.3. The highest BCUT2D eigenvalue weighted by Gasteiger charge is 2.22. The second-order valence-electron chi connectivity index (χ2n) is 5.77. The number of para-hydroxylation sites is 1. The van der Waals surface area contributed by atoms with Gasteiger partial charge in [-0.1, -0.05) is 55.5 Å². The third kappa shape index (κ3) is 2.98. The first-order valence-corrected chi connectivity index (χ1v) is 7.90. The summed E-state index contributed by atoms with van der Waals surface area (Å²) in [5.74, 6) is 1.42. The minimum atomic E-state index is 0.454. The molecule has 3 nitrogen and oxygen atoms in total. The molecule has 2 aromatic rings. The SMILES string of the molecule is CN=C(NCC(C)c1ccccc1)N1CCc2ccccc21. The minimum absolute atomic E-state index is 0.454. The topological polar surface area (TPSA) is 27.6 Å². The molecular weight excluding hydrogens is 270 g/mol. The molecule has 0 spiro atoms. The van der Waals surface area contributed by atoms with E-state index in [9.17, 15) is 0 Å². The lowest BCUT2D eigenvalue weighted by Crippen LogP contribution is -2.41. The number of aliphatic imine (C=N–C) groups is 1. The van der Waals surface area contributed by atoms with Crippen molar-refractivity contribution >= 4 is 11.6 Å². The molecule has 0 saturated heterocycles. The van der Waals surface area contributed by atoms with E-state index in [1.165, 1.54) is 16.8 Å². The Morgan fingerprint density at radius 3 is 2.64 bits per heavy atom. The first-order valence-electron chi connectivity index (χ1n) is 7.90. The molecule has 1 heterocycles. The van der Waals surface area contributed by atoms with Gasteiger partial charge in [0, 0.05) is 25.8 Å². The van der Waals surface area contributed by atoms with Gasteiger partial charge < -0.3 is 10.2 Å². The van der Waals surface area contributed by atoms with Crippen LogP contribution in [0.15, 0.2) is 59.6 Å². The number of guanidine groups is 1. The maximum atomic E-state index is 4.47. The molecule has 0 radical (unpaired) electrons. The Balaban J connectivity index is 1.67. The zero-order valence-corrected chi connectivity index (χ0v) is 13.3. The predicted octanol–water partition coefficient (Wildman–Crippen LogP) is 3.43. The lowest BCUT2D eigenvalue weighted by atomic mass is 10.0. The summed E-state index contributed by atoms with van der Waals surface area (Å²) in [5.41, 5.74) is 4.04. The molecular formula is C19H23N3. The molecule has 0 bridgehead atoms. The van der Waals surface area contributed by atoms with Gasteiger partial charge in [-0.15, -0.1) is 0 Å². The van der Waals surface area contributed by atoms with Crippen molar-refractivity contribution in [3.8, 4) is 0 Å². The van der Waals surface area contributed by atoms with Crippen molar-refractivity contribution in [3.63, 3.8) is 0 Å². The monoisotopic (exact) mass is 293 g/mol. The lowest BCUT2D eigenvalue weighted by molar-refractivity contribution is 0.711. The van der Waals surface area contributed by atoms with E-state index in [1.54, 1.807) is 0 Å². The quantitative estimate of drug-likeness (QED) is 0.693. The van der Waals surface area contributed by atoms with Crippen molar-refractivity contribution in [2.45, 2.75) is 19.3 Å². The summed E-state index contributed by atoms with van der Waals surface area (Å²) in [5, 5.41) is 3.53.